The first-order valence-corrected chi connectivity index (χ1v) is 22.5. The number of rotatable bonds is 12. The molecular formula is C42H45F4N11O6S. The molecule has 0 radical (unpaired) electrons. The van der Waals surface area contributed by atoms with E-state index in [9.17, 15) is 40.8 Å². The molecule has 4 aromatic rings. The molecule has 1 unspecified atom stereocenters. The van der Waals surface area contributed by atoms with Crippen molar-refractivity contribution in [2.45, 2.75) is 57.0 Å². The number of aromatic nitrogens is 3. The Labute approximate surface area is 365 Å². The number of anilines is 5. The van der Waals surface area contributed by atoms with Crippen molar-refractivity contribution >= 4 is 62.6 Å². The minimum Gasteiger partial charge on any atom is -0.371 e. The van der Waals surface area contributed by atoms with E-state index in [4.69, 9.17) is 0 Å². The predicted octanol–water partition coefficient (Wildman–Crippen LogP) is 3.97. The molecule has 64 heavy (non-hydrogen) atoms. The van der Waals surface area contributed by atoms with Crippen LogP contribution in [0.2, 0.25) is 0 Å². The van der Waals surface area contributed by atoms with Crippen LogP contribution in [0.5, 0.6) is 0 Å². The number of imide groups is 2. The summed E-state index contributed by atoms with van der Waals surface area (Å²) in [5, 5.41) is 7.80. The van der Waals surface area contributed by atoms with E-state index in [-0.39, 0.29) is 54.4 Å². The molecule has 2 aromatic heterocycles. The van der Waals surface area contributed by atoms with E-state index in [1.54, 1.807) is 24.3 Å². The molecule has 3 N–H and O–H groups in total. The van der Waals surface area contributed by atoms with Crippen LogP contribution in [0.1, 0.15) is 63.1 Å². The first kappa shape index (κ1) is 44.4. The summed E-state index contributed by atoms with van der Waals surface area (Å²) >= 11 is 0. The number of alkyl halides is 3. The highest BCUT2D eigenvalue weighted by molar-refractivity contribution is 7.92. The van der Waals surface area contributed by atoms with Crippen LogP contribution in [-0.2, 0) is 38.9 Å². The smallest absolute Gasteiger partial charge is 0.371 e. The molecule has 2 aromatic carbocycles. The second-order valence-electron chi connectivity index (χ2n) is 16.1. The van der Waals surface area contributed by atoms with Gasteiger partial charge in [0.1, 0.15) is 29.1 Å². The molecule has 6 heterocycles. The molecule has 0 bridgehead atoms. The summed E-state index contributed by atoms with van der Waals surface area (Å²) in [4.78, 5) is 70.1. The van der Waals surface area contributed by atoms with Gasteiger partial charge in [0.2, 0.25) is 27.8 Å². The number of carbonyl (C=O) groups excluding carboxylic acids is 4. The van der Waals surface area contributed by atoms with Crippen LogP contribution in [0, 0.1) is 5.82 Å². The quantitative estimate of drug-likeness (QED) is 0.137. The summed E-state index contributed by atoms with van der Waals surface area (Å²) < 4.78 is 83.0. The average Bonchev–Trinajstić information content (AvgIpc) is 3.52. The first-order valence-electron chi connectivity index (χ1n) is 20.6. The molecule has 4 aliphatic heterocycles. The molecule has 3 fully saturated rings. The minimum absolute atomic E-state index is 0.0115. The van der Waals surface area contributed by atoms with Crippen LogP contribution < -0.4 is 25.2 Å². The van der Waals surface area contributed by atoms with Gasteiger partial charge in [-0.3, -0.25) is 43.5 Å². The number of nitrogens with one attached hydrogen (secondary N) is 3. The lowest BCUT2D eigenvalue weighted by Crippen LogP contribution is -2.54. The fourth-order valence-corrected chi connectivity index (χ4v) is 9.03. The summed E-state index contributed by atoms with van der Waals surface area (Å²) in [6.45, 7) is 4.54. The number of carbonyl (C=O) groups is 4. The van der Waals surface area contributed by atoms with Gasteiger partial charge >= 0.3 is 6.18 Å². The number of fused-ring (bicyclic) bond motifs is 1. The van der Waals surface area contributed by atoms with Gasteiger partial charge < -0.3 is 15.5 Å². The number of hydrogen-bond donors (Lipinski definition) is 3. The summed E-state index contributed by atoms with van der Waals surface area (Å²) in [5.41, 5.74) is 0.642. The van der Waals surface area contributed by atoms with Gasteiger partial charge in [0.25, 0.3) is 11.8 Å². The molecular weight excluding hydrogens is 863 g/mol. The molecule has 0 saturated carbocycles. The molecule has 4 amide bonds. The Morgan fingerprint density at radius 1 is 0.891 bits per heavy atom. The Morgan fingerprint density at radius 3 is 2.28 bits per heavy atom. The van der Waals surface area contributed by atoms with E-state index in [0.29, 0.717) is 36.6 Å². The number of amides is 4. The minimum atomic E-state index is -4.77. The van der Waals surface area contributed by atoms with E-state index in [2.05, 4.69) is 45.6 Å². The summed E-state index contributed by atoms with van der Waals surface area (Å²) in [5.74, 6) is -4.13. The highest BCUT2D eigenvalue weighted by Gasteiger charge is 2.46. The highest BCUT2D eigenvalue weighted by Crippen LogP contribution is 2.36. The molecule has 0 aliphatic carbocycles. The zero-order chi connectivity index (χ0) is 45.5. The zero-order valence-electron chi connectivity index (χ0n) is 34.9. The monoisotopic (exact) mass is 907 g/mol. The SMILES string of the molecule is CN(c1ncccc1CNc1nc(Nc2ccc(N3CCC(N4CCN(Cc5ccc6c(c5F)C(=O)N(C5CCC(=O)NC5=O)C6=O)CC4)CC3)cc2)ncc1C(F)(F)F)S(C)(=O)=O. The Hall–Kier alpha value is -6.26. The van der Waals surface area contributed by atoms with Crippen LogP contribution >= 0.6 is 0 Å². The van der Waals surface area contributed by atoms with Gasteiger partial charge in [0, 0.05) is 107 Å². The topological polar surface area (TPSA) is 193 Å². The average molecular weight is 908 g/mol. The predicted molar refractivity (Wildman–Crippen MR) is 227 cm³/mol. The third-order valence-corrected chi connectivity index (χ3v) is 13.3. The van der Waals surface area contributed by atoms with Gasteiger partial charge in [-0.25, -0.2) is 22.8 Å². The van der Waals surface area contributed by atoms with E-state index >= 15 is 4.39 Å². The highest BCUT2D eigenvalue weighted by atomic mass is 32.2. The number of piperazine rings is 1. The van der Waals surface area contributed by atoms with Gasteiger partial charge in [-0.1, -0.05) is 12.1 Å². The number of nitrogens with zero attached hydrogens (tertiary/aromatic N) is 8. The van der Waals surface area contributed by atoms with Crippen LogP contribution in [0.25, 0.3) is 0 Å². The number of piperidine rings is 2. The van der Waals surface area contributed by atoms with Crippen molar-refractivity contribution < 1.29 is 45.2 Å². The molecule has 22 heteroatoms. The van der Waals surface area contributed by atoms with Crippen LogP contribution in [0.4, 0.5) is 46.5 Å². The van der Waals surface area contributed by atoms with Crippen molar-refractivity contribution in [1.82, 2.24) is 35.0 Å². The van der Waals surface area contributed by atoms with Crippen molar-refractivity contribution in [2.24, 2.45) is 0 Å². The van der Waals surface area contributed by atoms with Crippen LogP contribution in [-0.4, -0.2) is 126 Å². The maximum Gasteiger partial charge on any atom is 0.421 e. The van der Waals surface area contributed by atoms with Gasteiger partial charge in [-0.15, -0.1) is 0 Å². The Bertz CT molecular complexity index is 2580. The van der Waals surface area contributed by atoms with E-state index in [0.717, 1.165) is 60.2 Å². The normalized spacial score (nSPS) is 19.2. The summed E-state index contributed by atoms with van der Waals surface area (Å²) in [7, 11) is -2.38. The number of halogens is 4. The maximum atomic E-state index is 15.9. The van der Waals surface area contributed by atoms with E-state index in [1.807, 2.05) is 12.1 Å². The fourth-order valence-electron chi connectivity index (χ4n) is 8.56. The number of benzene rings is 2. The summed E-state index contributed by atoms with van der Waals surface area (Å²) in [6, 6.07) is 12.7. The van der Waals surface area contributed by atoms with Crippen molar-refractivity contribution in [3.8, 4) is 0 Å². The van der Waals surface area contributed by atoms with Crippen LogP contribution in [0.15, 0.2) is 60.9 Å². The number of pyridine rings is 1. The lowest BCUT2D eigenvalue weighted by atomic mass is 10.0. The lowest BCUT2D eigenvalue weighted by Gasteiger charge is -2.43. The third kappa shape index (κ3) is 9.20. The molecule has 17 nitrogen and oxygen atoms in total. The number of hydrogen-bond acceptors (Lipinski definition) is 14. The van der Waals surface area contributed by atoms with E-state index < -0.39 is 63.1 Å². The number of sulfonamides is 1. The fraction of sp³-hybridized carbons (Fsp3) is 0.405. The Balaban J connectivity index is 0.828. The largest absolute Gasteiger partial charge is 0.421 e. The summed E-state index contributed by atoms with van der Waals surface area (Å²) in [6.07, 6.45) is 0.0992. The molecule has 4 aliphatic rings. The second-order valence-corrected chi connectivity index (χ2v) is 18.1. The molecule has 0 spiro atoms. The van der Waals surface area contributed by atoms with Crippen LogP contribution in [0.3, 0.4) is 0 Å². The Morgan fingerprint density at radius 2 is 1.61 bits per heavy atom. The first-order chi connectivity index (χ1) is 30.5. The second kappa shape index (κ2) is 17.7. The van der Waals surface area contributed by atoms with Gasteiger partial charge in [-0.05, 0) is 55.7 Å². The molecule has 1 atom stereocenters. The molecule has 338 valence electrons. The van der Waals surface area contributed by atoms with Gasteiger partial charge in [-0.2, -0.15) is 18.2 Å². The lowest BCUT2D eigenvalue weighted by molar-refractivity contribution is -0.138. The van der Waals surface area contributed by atoms with Gasteiger partial charge in [0.15, 0.2) is 0 Å². The maximum absolute atomic E-state index is 15.9. The standard InChI is InChI=1S/C42H45F4N11O6S/c1-53(64(2,62)63)37-25(4-3-15-47-37)22-48-36-31(42(44,45)46)23-49-41(52-36)50-27-6-8-28(9-7-27)55-16-13-29(14-17-55)56-20-18-54(19-21-56)24-26-5-10-30-34(35(26)43)40(61)57(39(30)60)32-11-12-33(58)51-38(32)59/h3-10,15,23,29,32H,11-14,16-22,24H2,1-2H3,(H,51,58,59)(H2,48,49,50,52). The molecule has 3 saturated heterocycles. The molecule has 8 rings (SSSR count). The van der Waals surface area contributed by atoms with Crippen molar-refractivity contribution in [3.63, 3.8) is 0 Å². The van der Waals surface area contributed by atoms with Gasteiger partial charge in [0.05, 0.1) is 17.4 Å². The van der Waals surface area contributed by atoms with Crippen molar-refractivity contribution in [1.29, 1.82) is 0 Å². The third-order valence-electron chi connectivity index (χ3n) is 12.1. The van der Waals surface area contributed by atoms with Crippen molar-refractivity contribution in [2.75, 3.05) is 72.4 Å². The Kier molecular flexibility index (Phi) is 12.3. The zero-order valence-corrected chi connectivity index (χ0v) is 35.7. The van der Waals surface area contributed by atoms with E-state index in [1.165, 1.54) is 25.4 Å². The van der Waals surface area contributed by atoms with Crippen molar-refractivity contribution in [3.05, 3.63) is 94.6 Å².